The van der Waals surface area contributed by atoms with E-state index in [0.29, 0.717) is 11.8 Å². The van der Waals surface area contributed by atoms with Gasteiger partial charge in [-0.2, -0.15) is 0 Å². The van der Waals surface area contributed by atoms with Crippen LogP contribution in [0, 0.1) is 23.5 Å². The van der Waals surface area contributed by atoms with Crippen molar-refractivity contribution in [1.29, 1.82) is 0 Å². The molecule has 2 rings (SSSR count). The maximum absolute atomic E-state index is 13.3. The fraction of sp³-hybridized carbons (Fsp3) is 0.571. The number of nitrogen functional groups attached to an aromatic ring is 1. The van der Waals surface area contributed by atoms with E-state index in [9.17, 15) is 8.78 Å². The Morgan fingerprint density at radius 2 is 1.89 bits per heavy atom. The van der Waals surface area contributed by atoms with Crippen molar-refractivity contribution in [2.24, 2.45) is 11.8 Å². The number of rotatable bonds is 2. The van der Waals surface area contributed by atoms with Gasteiger partial charge in [-0.15, -0.1) is 0 Å². The molecule has 1 saturated carbocycles. The standard InChI is InChI=1S/C14H19F2NO/c1-8-3-4-11(5-9(8)2)18-13-7-10(15)6-12(16)14(13)17/h6-9,11H,3-5,17H2,1-2H3. The molecule has 0 radical (unpaired) electrons. The maximum Gasteiger partial charge on any atom is 0.152 e. The molecule has 100 valence electrons. The van der Waals surface area contributed by atoms with Crippen molar-refractivity contribution in [1.82, 2.24) is 0 Å². The van der Waals surface area contributed by atoms with Crippen LogP contribution in [0.4, 0.5) is 14.5 Å². The molecule has 1 aromatic carbocycles. The molecule has 0 amide bonds. The van der Waals surface area contributed by atoms with Crippen LogP contribution < -0.4 is 10.5 Å². The summed E-state index contributed by atoms with van der Waals surface area (Å²) in [6.45, 7) is 4.40. The van der Waals surface area contributed by atoms with Gasteiger partial charge in [-0.1, -0.05) is 13.8 Å². The van der Waals surface area contributed by atoms with Gasteiger partial charge >= 0.3 is 0 Å². The first-order valence-electron chi connectivity index (χ1n) is 6.38. The average Bonchev–Trinajstić information content (AvgIpc) is 2.30. The predicted octanol–water partition coefficient (Wildman–Crippen LogP) is 3.75. The summed E-state index contributed by atoms with van der Waals surface area (Å²) in [4.78, 5) is 0. The van der Waals surface area contributed by atoms with E-state index in [1.807, 2.05) is 0 Å². The summed E-state index contributed by atoms with van der Waals surface area (Å²) in [6.07, 6.45) is 2.88. The molecular weight excluding hydrogens is 236 g/mol. The Balaban J connectivity index is 2.10. The SMILES string of the molecule is CC1CCC(Oc2cc(F)cc(F)c2N)CC1C. The molecule has 0 saturated heterocycles. The summed E-state index contributed by atoms with van der Waals surface area (Å²) in [5.41, 5.74) is 5.46. The van der Waals surface area contributed by atoms with E-state index in [1.54, 1.807) is 0 Å². The van der Waals surface area contributed by atoms with Crippen molar-refractivity contribution < 1.29 is 13.5 Å². The molecule has 0 aromatic heterocycles. The van der Waals surface area contributed by atoms with Crippen molar-refractivity contribution >= 4 is 5.69 Å². The predicted molar refractivity (Wildman–Crippen MR) is 67.4 cm³/mol. The monoisotopic (exact) mass is 255 g/mol. The topological polar surface area (TPSA) is 35.2 Å². The van der Waals surface area contributed by atoms with E-state index in [2.05, 4.69) is 13.8 Å². The Bertz CT molecular complexity index is 436. The van der Waals surface area contributed by atoms with Crippen LogP contribution >= 0.6 is 0 Å². The van der Waals surface area contributed by atoms with Gasteiger partial charge in [-0.3, -0.25) is 0 Å². The van der Waals surface area contributed by atoms with Crippen LogP contribution in [-0.2, 0) is 0 Å². The zero-order valence-corrected chi connectivity index (χ0v) is 10.7. The van der Waals surface area contributed by atoms with Crippen LogP contribution in [0.1, 0.15) is 33.1 Å². The van der Waals surface area contributed by atoms with Crippen molar-refractivity contribution in [3.05, 3.63) is 23.8 Å². The number of benzene rings is 1. The smallest absolute Gasteiger partial charge is 0.152 e. The van der Waals surface area contributed by atoms with Crippen molar-refractivity contribution in [2.75, 3.05) is 5.73 Å². The molecule has 1 aliphatic rings. The van der Waals surface area contributed by atoms with Gasteiger partial charge in [0.25, 0.3) is 0 Å². The fourth-order valence-corrected chi connectivity index (χ4v) is 2.44. The highest BCUT2D eigenvalue weighted by Crippen LogP contribution is 2.34. The van der Waals surface area contributed by atoms with Crippen LogP contribution in [-0.4, -0.2) is 6.10 Å². The third kappa shape index (κ3) is 2.74. The highest BCUT2D eigenvalue weighted by Gasteiger charge is 2.26. The zero-order chi connectivity index (χ0) is 13.3. The molecular formula is C14H19F2NO. The largest absolute Gasteiger partial charge is 0.488 e. The lowest BCUT2D eigenvalue weighted by Gasteiger charge is -2.32. The lowest BCUT2D eigenvalue weighted by molar-refractivity contribution is 0.101. The van der Waals surface area contributed by atoms with Gasteiger partial charge in [0.2, 0.25) is 0 Å². The van der Waals surface area contributed by atoms with E-state index >= 15 is 0 Å². The van der Waals surface area contributed by atoms with Crippen molar-refractivity contribution in [3.8, 4) is 5.75 Å². The first-order chi connectivity index (χ1) is 8.47. The maximum atomic E-state index is 13.3. The lowest BCUT2D eigenvalue weighted by Crippen LogP contribution is -2.29. The molecule has 18 heavy (non-hydrogen) atoms. The van der Waals surface area contributed by atoms with Gasteiger partial charge in [0, 0.05) is 12.1 Å². The highest BCUT2D eigenvalue weighted by atomic mass is 19.1. The second-order valence-electron chi connectivity index (χ2n) is 5.31. The Labute approximate surface area is 106 Å². The van der Waals surface area contributed by atoms with Gasteiger partial charge < -0.3 is 10.5 Å². The molecule has 0 bridgehead atoms. The molecule has 0 aliphatic heterocycles. The highest BCUT2D eigenvalue weighted by molar-refractivity contribution is 5.53. The average molecular weight is 255 g/mol. The molecule has 3 unspecified atom stereocenters. The summed E-state index contributed by atoms with van der Waals surface area (Å²) in [7, 11) is 0. The van der Waals surface area contributed by atoms with Gasteiger partial charge in [-0.25, -0.2) is 8.78 Å². The minimum absolute atomic E-state index is 0.000278. The van der Waals surface area contributed by atoms with Gasteiger partial charge in [0.15, 0.2) is 5.82 Å². The second-order valence-corrected chi connectivity index (χ2v) is 5.31. The molecule has 2 N–H and O–H groups in total. The summed E-state index contributed by atoms with van der Waals surface area (Å²) in [6, 6.07) is 1.93. The zero-order valence-electron chi connectivity index (χ0n) is 10.7. The summed E-state index contributed by atoms with van der Waals surface area (Å²) in [5.74, 6) is -0.0646. The Hall–Kier alpha value is -1.32. The number of anilines is 1. The number of hydrogen-bond acceptors (Lipinski definition) is 2. The molecule has 1 fully saturated rings. The number of ether oxygens (including phenoxy) is 1. The molecule has 1 aromatic rings. The van der Waals surface area contributed by atoms with Crippen molar-refractivity contribution in [3.63, 3.8) is 0 Å². The van der Waals surface area contributed by atoms with Crippen LogP contribution in [0.15, 0.2) is 12.1 Å². The number of halogens is 2. The Kier molecular flexibility index (Phi) is 3.73. The minimum atomic E-state index is -0.762. The molecule has 1 aliphatic carbocycles. The quantitative estimate of drug-likeness (QED) is 0.817. The van der Waals surface area contributed by atoms with E-state index < -0.39 is 11.6 Å². The first kappa shape index (κ1) is 13.1. The Morgan fingerprint density at radius 3 is 2.56 bits per heavy atom. The normalized spacial score (nSPS) is 28.1. The number of hydrogen-bond donors (Lipinski definition) is 1. The van der Waals surface area contributed by atoms with Crippen LogP contribution in [0.25, 0.3) is 0 Å². The summed E-state index contributed by atoms with van der Waals surface area (Å²) >= 11 is 0. The van der Waals surface area contributed by atoms with E-state index in [4.69, 9.17) is 10.5 Å². The minimum Gasteiger partial charge on any atom is -0.488 e. The summed E-state index contributed by atoms with van der Waals surface area (Å²) in [5, 5.41) is 0. The van der Waals surface area contributed by atoms with Gasteiger partial charge in [-0.05, 0) is 31.1 Å². The summed E-state index contributed by atoms with van der Waals surface area (Å²) < 4.78 is 32.1. The van der Waals surface area contributed by atoms with Gasteiger partial charge in [0.1, 0.15) is 17.3 Å². The molecule has 2 nitrogen and oxygen atoms in total. The van der Waals surface area contributed by atoms with E-state index in [0.717, 1.165) is 31.4 Å². The first-order valence-corrected chi connectivity index (χ1v) is 6.38. The lowest BCUT2D eigenvalue weighted by atomic mass is 9.80. The molecule has 3 atom stereocenters. The Morgan fingerprint density at radius 1 is 1.17 bits per heavy atom. The molecule has 0 heterocycles. The molecule has 0 spiro atoms. The van der Waals surface area contributed by atoms with E-state index in [1.165, 1.54) is 0 Å². The third-order valence-corrected chi connectivity index (χ3v) is 3.90. The fourth-order valence-electron chi connectivity index (χ4n) is 2.44. The van der Waals surface area contributed by atoms with Crippen LogP contribution in [0.2, 0.25) is 0 Å². The second kappa shape index (κ2) is 5.12. The molecule has 4 heteroatoms. The van der Waals surface area contributed by atoms with Crippen molar-refractivity contribution in [2.45, 2.75) is 39.2 Å². The number of nitrogens with two attached hydrogens (primary N) is 1. The van der Waals surface area contributed by atoms with Crippen LogP contribution in [0.3, 0.4) is 0 Å². The van der Waals surface area contributed by atoms with Gasteiger partial charge in [0.05, 0.1) is 6.10 Å². The van der Waals surface area contributed by atoms with Crippen LogP contribution in [0.5, 0.6) is 5.75 Å². The third-order valence-electron chi connectivity index (χ3n) is 3.90. The van der Waals surface area contributed by atoms with E-state index in [-0.39, 0.29) is 17.5 Å².